The molecule has 3 N–H and O–H groups in total. The number of benzene rings is 1. The number of urea groups is 1. The van der Waals surface area contributed by atoms with Gasteiger partial charge in [-0.25, -0.2) is 4.79 Å². The summed E-state index contributed by atoms with van der Waals surface area (Å²) in [4.78, 5) is 46.4. The van der Waals surface area contributed by atoms with Gasteiger partial charge in [-0.2, -0.15) is 4.98 Å². The van der Waals surface area contributed by atoms with Crippen molar-refractivity contribution >= 4 is 35.0 Å². The van der Waals surface area contributed by atoms with E-state index < -0.39 is 5.92 Å². The molecule has 1 aromatic carbocycles. The third kappa shape index (κ3) is 4.71. The Kier molecular flexibility index (Phi) is 6.51. The van der Waals surface area contributed by atoms with Gasteiger partial charge in [0.1, 0.15) is 12.4 Å². The number of nitrogens with one attached hydrogen (secondary N) is 1. The Morgan fingerprint density at radius 2 is 1.92 bits per heavy atom. The molecule has 11 nitrogen and oxygen atoms in total. The lowest BCUT2D eigenvalue weighted by Crippen LogP contribution is -2.42. The molecule has 2 aromatic heterocycles. The second-order valence-corrected chi connectivity index (χ2v) is 9.68. The van der Waals surface area contributed by atoms with Gasteiger partial charge >= 0.3 is 12.0 Å². The standard InChI is InChI=1S/C24H25N7O4S/c25-20(26)16-7-5-15(6-8-16)14-35-23-27-21(28-31(23)22(33)18-4-3-11-36-18)17-12-19(32)30(13-17)24(34)29-9-1-2-10-29/h3-8,11,17H,1-2,9-10,12-14H2,(H3,25,26). The summed E-state index contributed by atoms with van der Waals surface area (Å²) in [5.41, 5.74) is 6.89. The largest absolute Gasteiger partial charge is 0.458 e. The number of amides is 3. The van der Waals surface area contributed by atoms with E-state index in [-0.39, 0.29) is 55.1 Å². The zero-order chi connectivity index (χ0) is 25.2. The molecule has 0 bridgehead atoms. The third-order valence-corrected chi connectivity index (χ3v) is 7.11. The van der Waals surface area contributed by atoms with Gasteiger partial charge in [-0.15, -0.1) is 21.1 Å². The Morgan fingerprint density at radius 3 is 2.58 bits per heavy atom. The summed E-state index contributed by atoms with van der Waals surface area (Å²) in [5, 5.41) is 13.7. The molecule has 1 atom stereocenters. The van der Waals surface area contributed by atoms with Crippen LogP contribution in [-0.2, 0) is 11.4 Å². The van der Waals surface area contributed by atoms with Gasteiger partial charge in [-0.3, -0.25) is 19.9 Å². The molecule has 0 spiro atoms. The maximum atomic E-state index is 13.1. The minimum Gasteiger partial charge on any atom is -0.458 e. The van der Waals surface area contributed by atoms with Crippen LogP contribution in [0, 0.1) is 5.41 Å². The summed E-state index contributed by atoms with van der Waals surface area (Å²) in [6.07, 6.45) is 1.96. The van der Waals surface area contributed by atoms with E-state index in [2.05, 4.69) is 10.1 Å². The van der Waals surface area contributed by atoms with E-state index in [9.17, 15) is 14.4 Å². The van der Waals surface area contributed by atoms with E-state index in [4.69, 9.17) is 15.9 Å². The lowest BCUT2D eigenvalue weighted by molar-refractivity contribution is -0.125. The van der Waals surface area contributed by atoms with Crippen molar-refractivity contribution in [3.05, 3.63) is 63.6 Å². The molecule has 3 amide bonds. The molecule has 0 radical (unpaired) electrons. The number of nitrogen functional groups attached to an aromatic ring is 1. The Labute approximate surface area is 211 Å². The van der Waals surface area contributed by atoms with E-state index >= 15 is 0 Å². The van der Waals surface area contributed by atoms with Gasteiger partial charge in [0.15, 0.2) is 5.82 Å². The van der Waals surface area contributed by atoms with Crippen LogP contribution in [-0.4, -0.2) is 67.9 Å². The van der Waals surface area contributed by atoms with Crippen molar-refractivity contribution in [2.45, 2.75) is 31.8 Å². The third-order valence-electron chi connectivity index (χ3n) is 6.25. The van der Waals surface area contributed by atoms with E-state index in [1.807, 2.05) is 0 Å². The highest BCUT2D eigenvalue weighted by Crippen LogP contribution is 2.29. The van der Waals surface area contributed by atoms with Crippen molar-refractivity contribution in [3.63, 3.8) is 0 Å². The van der Waals surface area contributed by atoms with Gasteiger partial charge in [0, 0.05) is 37.5 Å². The smallest absolute Gasteiger partial charge is 0.326 e. The number of carbonyl (C=O) groups excluding carboxylic acids is 3. The molecule has 2 fully saturated rings. The van der Waals surface area contributed by atoms with Gasteiger partial charge in [-0.05, 0) is 29.9 Å². The molecule has 12 heteroatoms. The lowest BCUT2D eigenvalue weighted by atomic mass is 10.1. The van der Waals surface area contributed by atoms with Crippen molar-refractivity contribution in [3.8, 4) is 6.01 Å². The van der Waals surface area contributed by atoms with Crippen LogP contribution in [0.2, 0.25) is 0 Å². The Balaban J connectivity index is 1.37. The molecule has 0 aliphatic carbocycles. The van der Waals surface area contributed by atoms with Crippen LogP contribution in [0.25, 0.3) is 0 Å². The van der Waals surface area contributed by atoms with Crippen molar-refractivity contribution in [1.82, 2.24) is 24.6 Å². The zero-order valence-corrected chi connectivity index (χ0v) is 20.2. The number of rotatable bonds is 6. The van der Waals surface area contributed by atoms with Crippen molar-refractivity contribution < 1.29 is 19.1 Å². The highest BCUT2D eigenvalue weighted by Gasteiger charge is 2.40. The maximum Gasteiger partial charge on any atom is 0.326 e. The molecular weight excluding hydrogens is 482 g/mol. The molecule has 5 rings (SSSR count). The molecule has 3 aromatic rings. The average Bonchev–Trinajstić information content (AvgIpc) is 3.68. The fourth-order valence-corrected chi connectivity index (χ4v) is 4.94. The molecule has 2 aliphatic rings. The number of nitrogens with two attached hydrogens (primary N) is 1. The quantitative estimate of drug-likeness (QED) is 0.385. The minimum absolute atomic E-state index is 0.0100. The van der Waals surface area contributed by atoms with Crippen molar-refractivity contribution in [2.24, 2.45) is 5.73 Å². The summed E-state index contributed by atoms with van der Waals surface area (Å²) in [5.74, 6) is -0.840. The Morgan fingerprint density at radius 1 is 1.17 bits per heavy atom. The number of nitrogens with zero attached hydrogens (tertiary/aromatic N) is 5. The Hall–Kier alpha value is -4.06. The van der Waals surface area contributed by atoms with Crippen LogP contribution >= 0.6 is 11.3 Å². The molecular formula is C24H25N7O4S. The number of ether oxygens (including phenoxy) is 1. The summed E-state index contributed by atoms with van der Waals surface area (Å²) < 4.78 is 6.99. The molecule has 2 saturated heterocycles. The van der Waals surface area contributed by atoms with E-state index in [1.54, 1.807) is 46.7 Å². The first-order valence-electron chi connectivity index (χ1n) is 11.6. The average molecular weight is 508 g/mol. The highest BCUT2D eigenvalue weighted by atomic mass is 32.1. The van der Waals surface area contributed by atoms with Gasteiger partial charge in [0.2, 0.25) is 5.91 Å². The number of thiophene rings is 1. The van der Waals surface area contributed by atoms with E-state index in [1.165, 1.54) is 16.2 Å². The number of aromatic nitrogens is 3. The second-order valence-electron chi connectivity index (χ2n) is 8.73. The van der Waals surface area contributed by atoms with Crippen LogP contribution in [0.4, 0.5) is 4.79 Å². The van der Waals surface area contributed by atoms with Crippen LogP contribution < -0.4 is 10.5 Å². The number of hydrogen-bond acceptors (Lipinski definition) is 8. The summed E-state index contributed by atoms with van der Waals surface area (Å²) in [7, 11) is 0. The maximum absolute atomic E-state index is 13.1. The summed E-state index contributed by atoms with van der Waals surface area (Å²) in [6.45, 7) is 1.58. The van der Waals surface area contributed by atoms with Crippen molar-refractivity contribution in [2.75, 3.05) is 19.6 Å². The van der Waals surface area contributed by atoms with Crippen LogP contribution in [0.1, 0.15) is 51.8 Å². The van der Waals surface area contributed by atoms with Gasteiger partial charge in [-0.1, -0.05) is 30.3 Å². The number of imide groups is 1. The predicted molar refractivity (Wildman–Crippen MR) is 131 cm³/mol. The molecule has 0 saturated carbocycles. The summed E-state index contributed by atoms with van der Waals surface area (Å²) >= 11 is 1.28. The minimum atomic E-state index is -0.432. The number of likely N-dealkylation sites (tertiary alicyclic amines) is 2. The van der Waals surface area contributed by atoms with Gasteiger partial charge in [0.05, 0.1) is 4.88 Å². The van der Waals surface area contributed by atoms with Gasteiger partial charge in [0.25, 0.3) is 5.91 Å². The SMILES string of the molecule is N=C(N)c1ccc(COc2nc(C3CC(=O)N(C(=O)N4CCCC4)C3)nn2C(=O)c2cccs2)cc1. The molecule has 4 heterocycles. The number of carbonyl (C=O) groups is 3. The molecule has 36 heavy (non-hydrogen) atoms. The molecule has 2 aliphatic heterocycles. The monoisotopic (exact) mass is 507 g/mol. The van der Waals surface area contributed by atoms with Crippen LogP contribution in [0.3, 0.4) is 0 Å². The topological polar surface area (TPSA) is 148 Å². The number of amidine groups is 1. The molecule has 186 valence electrons. The first kappa shape index (κ1) is 23.7. The van der Waals surface area contributed by atoms with E-state index in [0.717, 1.165) is 23.1 Å². The fraction of sp³-hybridized carbons (Fsp3) is 0.333. The van der Waals surface area contributed by atoms with E-state index in [0.29, 0.717) is 23.5 Å². The normalized spacial score (nSPS) is 17.6. The number of hydrogen-bond donors (Lipinski definition) is 2. The van der Waals surface area contributed by atoms with Crippen LogP contribution in [0.15, 0.2) is 41.8 Å². The second kappa shape index (κ2) is 9.90. The first-order valence-corrected chi connectivity index (χ1v) is 12.5. The predicted octanol–water partition coefficient (Wildman–Crippen LogP) is 2.42. The van der Waals surface area contributed by atoms with Crippen molar-refractivity contribution in [1.29, 1.82) is 5.41 Å². The van der Waals surface area contributed by atoms with Gasteiger partial charge < -0.3 is 15.4 Å². The highest BCUT2D eigenvalue weighted by molar-refractivity contribution is 7.12. The fourth-order valence-electron chi connectivity index (χ4n) is 4.29. The molecule has 1 unspecified atom stereocenters. The Bertz CT molecular complexity index is 1300. The summed E-state index contributed by atoms with van der Waals surface area (Å²) in [6, 6.07) is 10.2. The lowest BCUT2D eigenvalue weighted by Gasteiger charge is -2.22. The van der Waals surface area contributed by atoms with Crippen LogP contribution in [0.5, 0.6) is 6.01 Å². The first-order chi connectivity index (χ1) is 17.4. The zero-order valence-electron chi connectivity index (χ0n) is 19.4.